The Morgan fingerprint density at radius 3 is 2.57 bits per heavy atom. The highest BCUT2D eigenvalue weighted by Crippen LogP contribution is 2.31. The number of nitrogens with zero attached hydrogens (tertiary/aromatic N) is 2. The molecule has 112 valence electrons. The summed E-state index contributed by atoms with van der Waals surface area (Å²) in [6, 6.07) is 4.50. The number of anilines is 1. The van der Waals surface area contributed by atoms with Gasteiger partial charge in [-0.3, -0.25) is 0 Å². The summed E-state index contributed by atoms with van der Waals surface area (Å²) in [7, 11) is 0. The van der Waals surface area contributed by atoms with Gasteiger partial charge >= 0.3 is 0 Å². The van der Waals surface area contributed by atoms with Gasteiger partial charge in [0.2, 0.25) is 0 Å². The molecule has 5 heteroatoms. The van der Waals surface area contributed by atoms with Gasteiger partial charge in [-0.1, -0.05) is 0 Å². The first-order chi connectivity index (χ1) is 10.2. The van der Waals surface area contributed by atoms with E-state index in [1.165, 1.54) is 6.42 Å². The molecular formula is C16H19F2N3. The standard InChI is InChI=1S/C16H19F2N3/c17-13-7-11(9-19)8-14(18)16(13)21-6-2-3-12(10-21)15-4-1-5-20-15/h7-8,12,15,20H,1-6,10H2. The van der Waals surface area contributed by atoms with Crippen LogP contribution in [0.5, 0.6) is 0 Å². The zero-order chi connectivity index (χ0) is 14.8. The first-order valence-electron chi connectivity index (χ1n) is 7.56. The van der Waals surface area contributed by atoms with Gasteiger partial charge in [-0.25, -0.2) is 8.78 Å². The van der Waals surface area contributed by atoms with Crippen LogP contribution < -0.4 is 10.2 Å². The second-order valence-corrected chi connectivity index (χ2v) is 5.95. The summed E-state index contributed by atoms with van der Waals surface area (Å²) in [6.45, 7) is 2.39. The van der Waals surface area contributed by atoms with E-state index in [4.69, 9.17) is 5.26 Å². The van der Waals surface area contributed by atoms with Crippen molar-refractivity contribution in [2.45, 2.75) is 31.7 Å². The van der Waals surface area contributed by atoms with Crippen molar-refractivity contribution in [3.8, 4) is 6.07 Å². The van der Waals surface area contributed by atoms with Gasteiger partial charge in [0.25, 0.3) is 0 Å². The average Bonchev–Trinajstić information content (AvgIpc) is 3.01. The van der Waals surface area contributed by atoms with Crippen LogP contribution in [-0.2, 0) is 0 Å². The minimum atomic E-state index is -0.633. The first kappa shape index (κ1) is 14.3. The Morgan fingerprint density at radius 1 is 1.19 bits per heavy atom. The molecule has 0 radical (unpaired) electrons. The molecular weight excluding hydrogens is 272 g/mol. The highest BCUT2D eigenvalue weighted by molar-refractivity contribution is 5.53. The van der Waals surface area contributed by atoms with E-state index in [1.54, 1.807) is 11.0 Å². The normalized spacial score (nSPS) is 25.9. The minimum absolute atomic E-state index is 0.0247. The molecule has 0 bridgehead atoms. The molecule has 2 fully saturated rings. The molecule has 0 spiro atoms. The van der Waals surface area contributed by atoms with Crippen LogP contribution in [0, 0.1) is 28.9 Å². The number of hydrogen-bond donors (Lipinski definition) is 1. The number of rotatable bonds is 2. The number of nitriles is 1. The van der Waals surface area contributed by atoms with E-state index in [-0.39, 0.29) is 11.3 Å². The van der Waals surface area contributed by atoms with Gasteiger partial charge in [-0.2, -0.15) is 5.26 Å². The first-order valence-corrected chi connectivity index (χ1v) is 7.56. The fraction of sp³-hybridized carbons (Fsp3) is 0.562. The highest BCUT2D eigenvalue weighted by atomic mass is 19.1. The molecule has 0 aromatic heterocycles. The second-order valence-electron chi connectivity index (χ2n) is 5.95. The predicted molar refractivity (Wildman–Crippen MR) is 77.0 cm³/mol. The number of benzene rings is 1. The summed E-state index contributed by atoms with van der Waals surface area (Å²) >= 11 is 0. The SMILES string of the molecule is N#Cc1cc(F)c(N2CCCC(C3CCCN3)C2)c(F)c1. The molecule has 3 nitrogen and oxygen atoms in total. The lowest BCUT2D eigenvalue weighted by atomic mass is 9.89. The van der Waals surface area contributed by atoms with Crippen molar-refractivity contribution in [3.63, 3.8) is 0 Å². The largest absolute Gasteiger partial charge is 0.366 e. The van der Waals surface area contributed by atoms with Gasteiger partial charge < -0.3 is 10.2 Å². The second kappa shape index (κ2) is 5.98. The smallest absolute Gasteiger partial charge is 0.150 e. The summed E-state index contributed by atoms with van der Waals surface area (Å²) in [4.78, 5) is 1.81. The van der Waals surface area contributed by atoms with Crippen LogP contribution >= 0.6 is 0 Å². The summed E-state index contributed by atoms with van der Waals surface area (Å²) in [5.41, 5.74) is 0.0523. The van der Waals surface area contributed by atoms with Crippen molar-refractivity contribution < 1.29 is 8.78 Å². The van der Waals surface area contributed by atoms with E-state index >= 15 is 0 Å². The van der Waals surface area contributed by atoms with Crippen molar-refractivity contribution in [2.75, 3.05) is 24.5 Å². The van der Waals surface area contributed by atoms with Gasteiger partial charge in [0.1, 0.15) is 5.69 Å². The summed E-state index contributed by atoms with van der Waals surface area (Å²) in [5.74, 6) is -0.825. The van der Waals surface area contributed by atoms with Crippen LogP contribution in [0.25, 0.3) is 0 Å². The van der Waals surface area contributed by atoms with Crippen LogP contribution in [0.2, 0.25) is 0 Å². The predicted octanol–water partition coefficient (Wildman–Crippen LogP) is 2.80. The maximum absolute atomic E-state index is 14.1. The maximum Gasteiger partial charge on any atom is 0.150 e. The molecule has 1 aromatic carbocycles. The van der Waals surface area contributed by atoms with Gasteiger partial charge in [-0.05, 0) is 50.3 Å². The summed E-state index contributed by atoms with van der Waals surface area (Å²) < 4.78 is 28.3. The average molecular weight is 291 g/mol. The molecule has 2 unspecified atom stereocenters. The van der Waals surface area contributed by atoms with E-state index in [1.807, 2.05) is 0 Å². The van der Waals surface area contributed by atoms with Crippen molar-refractivity contribution in [1.29, 1.82) is 5.26 Å². The molecule has 3 rings (SSSR count). The number of hydrogen-bond acceptors (Lipinski definition) is 3. The maximum atomic E-state index is 14.1. The molecule has 21 heavy (non-hydrogen) atoms. The lowest BCUT2D eigenvalue weighted by Gasteiger charge is -2.37. The van der Waals surface area contributed by atoms with Crippen LogP contribution in [0.1, 0.15) is 31.2 Å². The third kappa shape index (κ3) is 2.86. The Balaban J connectivity index is 1.81. The van der Waals surface area contributed by atoms with Crippen molar-refractivity contribution in [3.05, 3.63) is 29.3 Å². The minimum Gasteiger partial charge on any atom is -0.366 e. The zero-order valence-corrected chi connectivity index (χ0v) is 11.9. The van der Waals surface area contributed by atoms with Gasteiger partial charge in [-0.15, -0.1) is 0 Å². The van der Waals surface area contributed by atoms with Crippen LogP contribution in [0.15, 0.2) is 12.1 Å². The summed E-state index contributed by atoms with van der Waals surface area (Å²) in [5, 5.41) is 12.3. The van der Waals surface area contributed by atoms with E-state index in [0.717, 1.165) is 37.9 Å². The van der Waals surface area contributed by atoms with E-state index in [0.29, 0.717) is 25.0 Å². The Bertz CT molecular complexity index is 538. The lowest BCUT2D eigenvalue weighted by Crippen LogP contribution is -2.44. The number of nitrogens with one attached hydrogen (secondary N) is 1. The van der Waals surface area contributed by atoms with Crippen molar-refractivity contribution in [2.24, 2.45) is 5.92 Å². The third-order valence-electron chi connectivity index (χ3n) is 4.59. The quantitative estimate of drug-likeness (QED) is 0.910. The van der Waals surface area contributed by atoms with Gasteiger partial charge in [0.15, 0.2) is 11.6 Å². The Kier molecular flexibility index (Phi) is 4.07. The van der Waals surface area contributed by atoms with Crippen molar-refractivity contribution in [1.82, 2.24) is 5.32 Å². The van der Waals surface area contributed by atoms with Crippen molar-refractivity contribution >= 4 is 5.69 Å². The van der Waals surface area contributed by atoms with E-state index < -0.39 is 11.6 Å². The van der Waals surface area contributed by atoms with E-state index in [2.05, 4.69) is 5.32 Å². The molecule has 2 heterocycles. The summed E-state index contributed by atoms with van der Waals surface area (Å²) in [6.07, 6.45) is 4.38. The number of piperidine rings is 1. The third-order valence-corrected chi connectivity index (χ3v) is 4.59. The van der Waals surface area contributed by atoms with E-state index in [9.17, 15) is 8.78 Å². The molecule has 2 saturated heterocycles. The highest BCUT2D eigenvalue weighted by Gasteiger charge is 2.31. The van der Waals surface area contributed by atoms with Crippen LogP contribution in [0.3, 0.4) is 0 Å². The molecule has 2 aliphatic heterocycles. The molecule has 0 saturated carbocycles. The Labute approximate surface area is 123 Å². The van der Waals surface area contributed by atoms with Gasteiger partial charge in [0, 0.05) is 19.1 Å². The molecule has 2 atom stereocenters. The molecule has 2 aliphatic rings. The van der Waals surface area contributed by atoms with Crippen LogP contribution in [0.4, 0.5) is 14.5 Å². The van der Waals surface area contributed by atoms with Crippen LogP contribution in [-0.4, -0.2) is 25.7 Å². The lowest BCUT2D eigenvalue weighted by molar-refractivity contribution is 0.326. The molecule has 0 amide bonds. The molecule has 0 aliphatic carbocycles. The molecule has 1 N–H and O–H groups in total. The fourth-order valence-electron chi connectivity index (χ4n) is 3.59. The molecule has 1 aromatic rings. The topological polar surface area (TPSA) is 39.1 Å². The number of halogens is 2. The zero-order valence-electron chi connectivity index (χ0n) is 11.9. The Morgan fingerprint density at radius 2 is 1.95 bits per heavy atom. The fourth-order valence-corrected chi connectivity index (χ4v) is 3.59. The Hall–Kier alpha value is -1.67. The van der Waals surface area contributed by atoms with Gasteiger partial charge in [0.05, 0.1) is 11.6 Å². The monoisotopic (exact) mass is 291 g/mol.